The van der Waals surface area contributed by atoms with Crippen LogP contribution in [0.5, 0.6) is 11.5 Å². The molecular weight excluding hydrogens is 386 g/mol. The summed E-state index contributed by atoms with van der Waals surface area (Å²) in [6.07, 6.45) is 4.40. The summed E-state index contributed by atoms with van der Waals surface area (Å²) in [4.78, 5) is 30.0. The highest BCUT2D eigenvalue weighted by molar-refractivity contribution is 5.98. The second-order valence-electron chi connectivity index (χ2n) is 8.11. The number of carbonyl (C=O) groups is 2. The number of hydrazone groups is 1. The molecule has 0 aromatic heterocycles. The molecule has 160 valence electrons. The van der Waals surface area contributed by atoms with Crippen molar-refractivity contribution in [2.24, 2.45) is 5.10 Å². The second kappa shape index (κ2) is 7.70. The van der Waals surface area contributed by atoms with Crippen LogP contribution in [0.2, 0.25) is 0 Å². The van der Waals surface area contributed by atoms with Gasteiger partial charge in [-0.25, -0.2) is 0 Å². The van der Waals surface area contributed by atoms with Crippen LogP contribution < -0.4 is 20.2 Å². The molecule has 3 aliphatic heterocycles. The van der Waals surface area contributed by atoms with E-state index in [4.69, 9.17) is 9.47 Å². The summed E-state index contributed by atoms with van der Waals surface area (Å²) in [5.41, 5.74) is 3.62. The first-order valence-corrected chi connectivity index (χ1v) is 10.8. The zero-order chi connectivity index (χ0) is 20.7. The molecule has 1 aromatic carbocycles. The first-order valence-electron chi connectivity index (χ1n) is 10.8. The monoisotopic (exact) mass is 413 g/mol. The first-order chi connectivity index (χ1) is 14.7. The SMILES string of the molecule is CCC1=NNC2C(=O)N(CC(=O)Nc3ccc4c(c3)OCCO4)C3CCCCC3N12. The quantitative estimate of drug-likeness (QED) is 0.777. The molecule has 2 N–H and O–H groups in total. The summed E-state index contributed by atoms with van der Waals surface area (Å²) in [5.74, 6) is 1.94. The smallest absolute Gasteiger partial charge is 0.268 e. The molecule has 4 aliphatic rings. The Balaban J connectivity index is 1.31. The largest absolute Gasteiger partial charge is 0.486 e. The van der Waals surface area contributed by atoms with Crippen LogP contribution in [-0.4, -0.2) is 65.5 Å². The number of fused-ring (bicyclic) bond motifs is 4. The zero-order valence-corrected chi connectivity index (χ0v) is 17.1. The number of amidine groups is 1. The van der Waals surface area contributed by atoms with Crippen LogP contribution in [-0.2, 0) is 9.59 Å². The van der Waals surface area contributed by atoms with Gasteiger partial charge < -0.3 is 24.6 Å². The standard InChI is InChI=1S/C21H27N5O4/c1-2-18-23-24-20-21(28)25(14-5-3-4-6-15(14)26(18)20)12-19(27)22-13-7-8-16-17(11-13)30-10-9-29-16/h7-8,11,14-15,20,24H,2-6,9-10,12H2,1H3,(H,22,27). The van der Waals surface area contributed by atoms with E-state index in [1.165, 1.54) is 0 Å². The van der Waals surface area contributed by atoms with Crippen LogP contribution in [0.25, 0.3) is 0 Å². The van der Waals surface area contributed by atoms with Gasteiger partial charge in [0.25, 0.3) is 5.91 Å². The van der Waals surface area contributed by atoms with Gasteiger partial charge in [0.05, 0.1) is 12.1 Å². The number of piperazine rings is 1. The maximum absolute atomic E-state index is 13.2. The average molecular weight is 413 g/mol. The maximum Gasteiger partial charge on any atom is 0.268 e. The minimum Gasteiger partial charge on any atom is -0.486 e. The van der Waals surface area contributed by atoms with Gasteiger partial charge in [0, 0.05) is 18.2 Å². The topological polar surface area (TPSA) is 95.5 Å². The fraction of sp³-hybridized carbons (Fsp3) is 0.571. The molecule has 2 fully saturated rings. The molecule has 3 heterocycles. The summed E-state index contributed by atoms with van der Waals surface area (Å²) >= 11 is 0. The number of hydrogen-bond acceptors (Lipinski definition) is 7. The predicted octanol–water partition coefficient (Wildman–Crippen LogP) is 1.50. The first kappa shape index (κ1) is 19.0. The van der Waals surface area contributed by atoms with Gasteiger partial charge in [-0.2, -0.15) is 5.10 Å². The summed E-state index contributed by atoms with van der Waals surface area (Å²) in [6, 6.07) is 5.57. The molecule has 0 bridgehead atoms. The number of nitrogens with one attached hydrogen (secondary N) is 2. The van der Waals surface area contributed by atoms with Crippen molar-refractivity contribution in [1.82, 2.24) is 15.2 Å². The van der Waals surface area contributed by atoms with Crippen molar-refractivity contribution in [2.45, 2.75) is 57.3 Å². The van der Waals surface area contributed by atoms with Crippen LogP contribution in [0.15, 0.2) is 23.3 Å². The van der Waals surface area contributed by atoms with Crippen molar-refractivity contribution in [3.05, 3.63) is 18.2 Å². The Kier molecular flexibility index (Phi) is 4.88. The van der Waals surface area contributed by atoms with Crippen LogP contribution in [0.4, 0.5) is 5.69 Å². The molecule has 30 heavy (non-hydrogen) atoms. The van der Waals surface area contributed by atoms with Crippen molar-refractivity contribution in [1.29, 1.82) is 0 Å². The van der Waals surface area contributed by atoms with Gasteiger partial charge in [0.2, 0.25) is 5.91 Å². The van der Waals surface area contributed by atoms with E-state index in [1.807, 2.05) is 0 Å². The van der Waals surface area contributed by atoms with Gasteiger partial charge in [-0.05, 0) is 25.0 Å². The highest BCUT2D eigenvalue weighted by Gasteiger charge is 2.50. The van der Waals surface area contributed by atoms with E-state index in [9.17, 15) is 9.59 Å². The Morgan fingerprint density at radius 2 is 1.97 bits per heavy atom. The van der Waals surface area contributed by atoms with Gasteiger partial charge in [-0.3, -0.25) is 15.0 Å². The zero-order valence-electron chi connectivity index (χ0n) is 17.1. The number of benzene rings is 1. The van der Waals surface area contributed by atoms with E-state index < -0.39 is 6.17 Å². The fourth-order valence-corrected chi connectivity index (χ4v) is 5.00. The number of ether oxygens (including phenoxy) is 2. The summed E-state index contributed by atoms with van der Waals surface area (Å²) in [6.45, 7) is 3.09. The van der Waals surface area contributed by atoms with E-state index in [1.54, 1.807) is 23.1 Å². The maximum atomic E-state index is 13.2. The number of carbonyl (C=O) groups excluding carboxylic acids is 2. The molecule has 3 atom stereocenters. The van der Waals surface area contributed by atoms with Crippen molar-refractivity contribution >= 4 is 23.3 Å². The third-order valence-electron chi connectivity index (χ3n) is 6.32. The second-order valence-corrected chi connectivity index (χ2v) is 8.11. The number of hydrogen-bond donors (Lipinski definition) is 2. The van der Waals surface area contributed by atoms with E-state index >= 15 is 0 Å². The van der Waals surface area contributed by atoms with E-state index in [0.717, 1.165) is 37.9 Å². The Hall–Kier alpha value is -2.97. The van der Waals surface area contributed by atoms with Gasteiger partial charge >= 0.3 is 0 Å². The lowest BCUT2D eigenvalue weighted by Gasteiger charge is -2.51. The Morgan fingerprint density at radius 3 is 2.77 bits per heavy atom. The van der Waals surface area contributed by atoms with Crippen molar-refractivity contribution in [2.75, 3.05) is 25.1 Å². The van der Waals surface area contributed by atoms with E-state index in [0.29, 0.717) is 30.4 Å². The molecule has 1 saturated carbocycles. The summed E-state index contributed by atoms with van der Waals surface area (Å²) in [7, 11) is 0. The lowest BCUT2D eigenvalue weighted by Crippen LogP contribution is -2.69. The minimum absolute atomic E-state index is 0.0297. The van der Waals surface area contributed by atoms with Crippen molar-refractivity contribution in [3.63, 3.8) is 0 Å². The molecule has 1 saturated heterocycles. The van der Waals surface area contributed by atoms with Crippen LogP contribution in [0.1, 0.15) is 39.0 Å². The van der Waals surface area contributed by atoms with Crippen LogP contribution >= 0.6 is 0 Å². The van der Waals surface area contributed by atoms with Gasteiger partial charge in [0.15, 0.2) is 17.7 Å². The van der Waals surface area contributed by atoms with Gasteiger partial charge in [-0.15, -0.1) is 0 Å². The Morgan fingerprint density at radius 1 is 1.20 bits per heavy atom. The molecular formula is C21H27N5O4. The van der Waals surface area contributed by atoms with E-state index in [-0.39, 0.29) is 30.4 Å². The molecule has 5 rings (SSSR count). The number of anilines is 1. The predicted molar refractivity (Wildman–Crippen MR) is 110 cm³/mol. The Labute approximate surface area is 175 Å². The molecule has 2 amide bonds. The third-order valence-corrected chi connectivity index (χ3v) is 6.32. The molecule has 0 radical (unpaired) electrons. The van der Waals surface area contributed by atoms with Crippen molar-refractivity contribution < 1.29 is 19.1 Å². The molecule has 0 spiro atoms. The fourth-order valence-electron chi connectivity index (χ4n) is 5.00. The normalized spacial score (nSPS) is 27.0. The molecule has 9 heteroatoms. The average Bonchev–Trinajstić information content (AvgIpc) is 3.21. The Bertz CT molecular complexity index is 888. The summed E-state index contributed by atoms with van der Waals surface area (Å²) in [5, 5.41) is 7.29. The van der Waals surface area contributed by atoms with Gasteiger partial charge in [0.1, 0.15) is 25.6 Å². The lowest BCUT2D eigenvalue weighted by molar-refractivity contribution is -0.151. The van der Waals surface area contributed by atoms with Crippen molar-refractivity contribution in [3.8, 4) is 11.5 Å². The van der Waals surface area contributed by atoms with Gasteiger partial charge in [-0.1, -0.05) is 19.8 Å². The lowest BCUT2D eigenvalue weighted by atomic mass is 9.85. The van der Waals surface area contributed by atoms with E-state index in [2.05, 4.69) is 27.7 Å². The van der Waals surface area contributed by atoms with Crippen LogP contribution in [0, 0.1) is 0 Å². The number of amides is 2. The third kappa shape index (κ3) is 3.22. The highest BCUT2D eigenvalue weighted by atomic mass is 16.6. The van der Waals surface area contributed by atoms with Crippen LogP contribution in [0.3, 0.4) is 0 Å². The molecule has 9 nitrogen and oxygen atoms in total. The summed E-state index contributed by atoms with van der Waals surface area (Å²) < 4.78 is 11.1. The molecule has 1 aromatic rings. The minimum atomic E-state index is -0.499. The highest BCUT2D eigenvalue weighted by Crippen LogP contribution is 2.35. The molecule has 3 unspecified atom stereocenters. The number of rotatable bonds is 4. The molecule has 1 aliphatic carbocycles. The number of nitrogens with zero attached hydrogens (tertiary/aromatic N) is 3.